The van der Waals surface area contributed by atoms with Crippen LogP contribution in [0.2, 0.25) is 0 Å². The van der Waals surface area contributed by atoms with E-state index in [-0.39, 0.29) is 0 Å². The quantitative estimate of drug-likeness (QED) is 0.180. The molecule has 1 unspecified atom stereocenters. The predicted octanol–water partition coefficient (Wildman–Crippen LogP) is 13.5. The van der Waals surface area contributed by atoms with Crippen LogP contribution in [0.3, 0.4) is 0 Å². The minimum atomic E-state index is -0.482. The number of ether oxygens (including phenoxy) is 1. The summed E-state index contributed by atoms with van der Waals surface area (Å²) in [6.45, 7) is 0. The highest BCUT2D eigenvalue weighted by Crippen LogP contribution is 2.63. The van der Waals surface area contributed by atoms with Gasteiger partial charge in [0, 0.05) is 53.6 Å². The molecule has 0 fully saturated rings. The third-order valence-electron chi connectivity index (χ3n) is 11.9. The Hall–Kier alpha value is -6.95. The second-order valence-electron chi connectivity index (χ2n) is 15.0. The molecule has 12 rings (SSSR count). The number of allylic oxidation sites excluding steroid dienone is 4. The number of thiophene rings is 1. The van der Waals surface area contributed by atoms with E-state index in [0.717, 1.165) is 52.2 Å². The highest BCUT2D eigenvalue weighted by atomic mass is 32.1. The van der Waals surface area contributed by atoms with E-state index in [0.29, 0.717) is 17.5 Å². The van der Waals surface area contributed by atoms with Gasteiger partial charge < -0.3 is 4.74 Å². The van der Waals surface area contributed by atoms with E-state index in [1.54, 1.807) is 11.3 Å². The van der Waals surface area contributed by atoms with Crippen molar-refractivity contribution < 1.29 is 4.74 Å². The van der Waals surface area contributed by atoms with Gasteiger partial charge in [-0.05, 0) is 64.9 Å². The normalized spacial score (nSPS) is 16.4. The van der Waals surface area contributed by atoms with E-state index in [4.69, 9.17) is 19.7 Å². The Kier molecular flexibility index (Phi) is 7.10. The highest BCUT2D eigenvalue weighted by molar-refractivity contribution is 7.25. The molecule has 3 heterocycles. The molecule has 268 valence electrons. The number of fused-ring (bicyclic) bond motifs is 11. The van der Waals surface area contributed by atoms with E-state index < -0.39 is 5.41 Å². The standard InChI is InChI=1S/C52H33N3OS/c1-2-14-32(15-3-1)49-53-50(55-51(54-49)35-28-29-40-39-20-6-11-27-46(39)57-47(40)31-35)34-17-12-16-33(30-34)36-21-13-25-44-48(36)56-45-26-10-9-24-43(45)52(44)41-22-7-4-18-37(41)38-19-5-8-23-42(38)52/h1-4,6-18,20-31H,5,19H2. The molecule has 2 aromatic heterocycles. The Balaban J connectivity index is 1.03. The first-order chi connectivity index (χ1) is 28.2. The molecule has 1 spiro atoms. The monoisotopic (exact) mass is 747 g/mol. The zero-order valence-electron chi connectivity index (χ0n) is 30.8. The zero-order valence-corrected chi connectivity index (χ0v) is 31.6. The lowest BCUT2D eigenvalue weighted by molar-refractivity contribution is 0.437. The van der Waals surface area contributed by atoms with Crippen LogP contribution in [0.4, 0.5) is 0 Å². The van der Waals surface area contributed by atoms with Crippen molar-refractivity contribution in [3.05, 3.63) is 204 Å². The Morgan fingerprint density at radius 1 is 0.491 bits per heavy atom. The van der Waals surface area contributed by atoms with E-state index in [9.17, 15) is 0 Å². The van der Waals surface area contributed by atoms with Gasteiger partial charge in [0.05, 0.1) is 5.41 Å². The molecule has 0 N–H and O–H groups in total. The largest absolute Gasteiger partial charge is 0.456 e. The maximum absolute atomic E-state index is 7.01. The van der Waals surface area contributed by atoms with Crippen molar-refractivity contribution in [2.45, 2.75) is 18.3 Å². The molecule has 0 amide bonds. The van der Waals surface area contributed by atoms with Crippen molar-refractivity contribution in [2.24, 2.45) is 0 Å². The topological polar surface area (TPSA) is 47.9 Å². The van der Waals surface area contributed by atoms with E-state index in [1.807, 2.05) is 18.2 Å². The number of hydrogen-bond donors (Lipinski definition) is 0. The highest BCUT2D eigenvalue weighted by Gasteiger charge is 2.52. The van der Waals surface area contributed by atoms with Crippen LogP contribution in [0, 0.1) is 0 Å². The molecule has 5 heteroatoms. The first-order valence-corrected chi connectivity index (χ1v) is 20.3. The minimum Gasteiger partial charge on any atom is -0.456 e. The molecule has 9 aromatic rings. The van der Waals surface area contributed by atoms with E-state index in [2.05, 4.69) is 158 Å². The number of para-hydroxylation sites is 2. The third-order valence-corrected chi connectivity index (χ3v) is 13.0. The van der Waals surface area contributed by atoms with Gasteiger partial charge in [0.15, 0.2) is 17.5 Å². The number of hydrogen-bond acceptors (Lipinski definition) is 5. The average molecular weight is 748 g/mol. The molecular weight excluding hydrogens is 715 g/mol. The van der Waals surface area contributed by atoms with Crippen LogP contribution < -0.4 is 4.74 Å². The van der Waals surface area contributed by atoms with Gasteiger partial charge in [0.25, 0.3) is 0 Å². The lowest BCUT2D eigenvalue weighted by atomic mass is 9.64. The lowest BCUT2D eigenvalue weighted by Gasteiger charge is -2.41. The summed E-state index contributed by atoms with van der Waals surface area (Å²) >= 11 is 1.80. The number of benzene rings is 7. The Bertz CT molecular complexity index is 3180. The van der Waals surface area contributed by atoms with Gasteiger partial charge >= 0.3 is 0 Å². The number of rotatable bonds is 4. The summed E-state index contributed by atoms with van der Waals surface area (Å²) in [7, 11) is 0. The fourth-order valence-corrected chi connectivity index (χ4v) is 10.6. The van der Waals surface area contributed by atoms with Gasteiger partial charge in [-0.3, -0.25) is 0 Å². The predicted molar refractivity (Wildman–Crippen MR) is 233 cm³/mol. The maximum Gasteiger partial charge on any atom is 0.164 e. The molecule has 0 saturated heterocycles. The van der Waals surface area contributed by atoms with E-state index >= 15 is 0 Å². The molecule has 4 nitrogen and oxygen atoms in total. The SMILES string of the molecule is C1=CC2=C(CC1)c1ccccc1C21c2ccccc2Oc2c(-c3cccc(-c4nc(-c5ccccc5)nc(-c5ccc6c(c5)sc5ccccc56)n4)c3)cccc21. The second-order valence-corrected chi connectivity index (χ2v) is 16.1. The van der Waals surface area contributed by atoms with Crippen molar-refractivity contribution in [1.29, 1.82) is 0 Å². The van der Waals surface area contributed by atoms with Gasteiger partial charge in [0.2, 0.25) is 0 Å². The fraction of sp³-hybridized carbons (Fsp3) is 0.0577. The maximum atomic E-state index is 7.01. The fourth-order valence-electron chi connectivity index (χ4n) is 9.43. The van der Waals surface area contributed by atoms with Gasteiger partial charge in [-0.15, -0.1) is 11.3 Å². The van der Waals surface area contributed by atoms with Crippen molar-refractivity contribution in [3.63, 3.8) is 0 Å². The summed E-state index contributed by atoms with van der Waals surface area (Å²) in [6.07, 6.45) is 6.79. The summed E-state index contributed by atoms with van der Waals surface area (Å²) in [4.78, 5) is 15.4. The first-order valence-electron chi connectivity index (χ1n) is 19.5. The molecule has 0 saturated carbocycles. The lowest BCUT2D eigenvalue weighted by Crippen LogP contribution is -2.33. The van der Waals surface area contributed by atoms with E-state index in [1.165, 1.54) is 53.6 Å². The third kappa shape index (κ3) is 4.82. The van der Waals surface area contributed by atoms with Crippen LogP contribution in [0.15, 0.2) is 182 Å². The summed E-state index contributed by atoms with van der Waals surface area (Å²) in [5, 5.41) is 2.52. The van der Waals surface area contributed by atoms with Crippen LogP contribution in [0.1, 0.15) is 35.1 Å². The van der Waals surface area contributed by atoms with Crippen LogP contribution in [-0.2, 0) is 5.41 Å². The Morgan fingerprint density at radius 3 is 2.04 bits per heavy atom. The molecular formula is C52H33N3OS. The summed E-state index contributed by atoms with van der Waals surface area (Å²) in [5.41, 5.74) is 12.2. The smallest absolute Gasteiger partial charge is 0.164 e. The molecule has 7 aromatic carbocycles. The Labute approximate surface area is 334 Å². The van der Waals surface area contributed by atoms with Crippen molar-refractivity contribution in [2.75, 3.05) is 0 Å². The van der Waals surface area contributed by atoms with Crippen molar-refractivity contribution in [3.8, 4) is 56.8 Å². The minimum absolute atomic E-state index is 0.482. The average Bonchev–Trinajstić information content (AvgIpc) is 3.80. The van der Waals surface area contributed by atoms with Gasteiger partial charge in [-0.2, -0.15) is 0 Å². The summed E-state index contributed by atoms with van der Waals surface area (Å²) in [5.74, 6) is 3.68. The summed E-state index contributed by atoms with van der Waals surface area (Å²) in [6, 6.07) is 58.1. The van der Waals surface area contributed by atoms with Gasteiger partial charge in [0.1, 0.15) is 11.5 Å². The molecule has 0 bridgehead atoms. The van der Waals surface area contributed by atoms with Gasteiger partial charge in [-0.1, -0.05) is 152 Å². The number of nitrogens with zero attached hydrogens (tertiary/aromatic N) is 3. The van der Waals surface area contributed by atoms with Crippen LogP contribution in [-0.4, -0.2) is 15.0 Å². The van der Waals surface area contributed by atoms with Crippen LogP contribution >= 0.6 is 11.3 Å². The molecule has 0 radical (unpaired) electrons. The molecule has 57 heavy (non-hydrogen) atoms. The second kappa shape index (κ2) is 12.5. The summed E-state index contributed by atoms with van der Waals surface area (Å²) < 4.78 is 9.50. The molecule has 1 aliphatic heterocycles. The zero-order chi connectivity index (χ0) is 37.5. The van der Waals surface area contributed by atoms with Crippen LogP contribution in [0.5, 0.6) is 11.5 Å². The first kappa shape index (κ1) is 32.3. The van der Waals surface area contributed by atoms with Crippen molar-refractivity contribution >= 4 is 37.1 Å². The Morgan fingerprint density at radius 2 is 1.14 bits per heavy atom. The number of aromatic nitrogens is 3. The van der Waals surface area contributed by atoms with Crippen LogP contribution in [0.25, 0.3) is 71.0 Å². The molecule has 2 aliphatic carbocycles. The van der Waals surface area contributed by atoms with Crippen molar-refractivity contribution in [1.82, 2.24) is 15.0 Å². The van der Waals surface area contributed by atoms with Gasteiger partial charge in [-0.25, -0.2) is 15.0 Å². The molecule has 3 aliphatic rings. The molecule has 1 atom stereocenters.